The van der Waals surface area contributed by atoms with E-state index >= 15 is 0 Å². The van der Waals surface area contributed by atoms with Crippen molar-refractivity contribution in [3.63, 3.8) is 0 Å². The van der Waals surface area contributed by atoms with Crippen LogP contribution in [0.1, 0.15) is 5.56 Å². The van der Waals surface area contributed by atoms with Crippen molar-refractivity contribution < 1.29 is 0 Å². The van der Waals surface area contributed by atoms with Crippen LogP contribution in [0.3, 0.4) is 0 Å². The molecule has 0 bridgehead atoms. The molecule has 0 aliphatic carbocycles. The molecule has 132 valence electrons. The number of hydrogen-bond acceptors (Lipinski definition) is 1. The fraction of sp³-hybridized carbons (Fsp3) is 0.0385. The van der Waals surface area contributed by atoms with E-state index in [0.717, 1.165) is 10.9 Å². The number of rotatable bonds is 2. The van der Waals surface area contributed by atoms with Gasteiger partial charge in [0.25, 0.3) is 0 Å². The first kappa shape index (κ1) is 16.4. The zero-order chi connectivity index (χ0) is 19.1. The Morgan fingerprint density at radius 3 is 1.96 bits per heavy atom. The van der Waals surface area contributed by atoms with E-state index in [1.807, 2.05) is 24.3 Å². The molecule has 4 aromatic carbocycles. The largest absolute Gasteiger partial charge is 0.344 e. The topological polar surface area (TPSA) is 28.7 Å². The molecule has 2 nitrogen and oxygen atoms in total. The summed E-state index contributed by atoms with van der Waals surface area (Å²) >= 11 is 0. The van der Waals surface area contributed by atoms with Gasteiger partial charge in [-0.1, -0.05) is 54.6 Å². The molecule has 0 radical (unpaired) electrons. The summed E-state index contributed by atoms with van der Waals surface area (Å²) in [4.78, 5) is 0. The lowest BCUT2D eigenvalue weighted by molar-refractivity contribution is 1.01. The maximum atomic E-state index is 9.29. The van der Waals surface area contributed by atoms with E-state index in [2.05, 4.69) is 84.4 Å². The lowest BCUT2D eigenvalue weighted by Gasteiger charge is -2.07. The van der Waals surface area contributed by atoms with Gasteiger partial charge in [-0.05, 0) is 58.7 Å². The Labute approximate surface area is 163 Å². The Balaban J connectivity index is 1.70. The smallest absolute Gasteiger partial charge is 0.0991 e. The maximum absolute atomic E-state index is 9.29. The fourth-order valence-electron chi connectivity index (χ4n) is 3.98. The molecule has 0 aliphatic rings. The number of fused-ring (bicyclic) bond motifs is 3. The average Bonchev–Trinajstić information content (AvgIpc) is 3.05. The highest BCUT2D eigenvalue weighted by Crippen LogP contribution is 2.33. The predicted molar refractivity (Wildman–Crippen MR) is 116 cm³/mol. The molecule has 0 saturated carbocycles. The van der Waals surface area contributed by atoms with Crippen LogP contribution in [0.5, 0.6) is 0 Å². The molecule has 0 fully saturated rings. The Bertz CT molecular complexity index is 1370. The molecule has 0 amide bonds. The lowest BCUT2D eigenvalue weighted by atomic mass is 9.98. The monoisotopic (exact) mass is 358 g/mol. The highest BCUT2D eigenvalue weighted by molar-refractivity contribution is 6.09. The van der Waals surface area contributed by atoms with Gasteiger partial charge in [0.1, 0.15) is 0 Å². The van der Waals surface area contributed by atoms with E-state index in [-0.39, 0.29) is 0 Å². The van der Waals surface area contributed by atoms with Crippen LogP contribution in [0.25, 0.3) is 44.1 Å². The second kappa shape index (κ2) is 6.40. The molecule has 5 rings (SSSR count). The second-order valence-corrected chi connectivity index (χ2v) is 7.08. The van der Waals surface area contributed by atoms with Crippen LogP contribution in [0.4, 0.5) is 0 Å². The van der Waals surface area contributed by atoms with E-state index in [1.165, 1.54) is 33.2 Å². The molecule has 0 unspecified atom stereocenters. The van der Waals surface area contributed by atoms with E-state index in [1.54, 1.807) is 0 Å². The molecule has 0 spiro atoms. The summed E-state index contributed by atoms with van der Waals surface area (Å²) in [5.41, 5.74) is 7.81. The highest BCUT2D eigenvalue weighted by Gasteiger charge is 2.11. The van der Waals surface area contributed by atoms with Crippen LogP contribution in [-0.4, -0.2) is 4.57 Å². The van der Waals surface area contributed by atoms with Crippen molar-refractivity contribution in [3.05, 3.63) is 96.6 Å². The minimum Gasteiger partial charge on any atom is -0.344 e. The van der Waals surface area contributed by atoms with Gasteiger partial charge in [0, 0.05) is 28.9 Å². The van der Waals surface area contributed by atoms with Gasteiger partial charge in [0.2, 0.25) is 0 Å². The third-order valence-corrected chi connectivity index (χ3v) is 5.44. The normalized spacial score (nSPS) is 11.0. The number of hydrogen-bond donors (Lipinski definition) is 0. The number of aryl methyl sites for hydroxylation is 1. The summed E-state index contributed by atoms with van der Waals surface area (Å²) in [6.07, 6.45) is 0. The van der Waals surface area contributed by atoms with Gasteiger partial charge in [0.15, 0.2) is 0 Å². The molecule has 2 heteroatoms. The van der Waals surface area contributed by atoms with Gasteiger partial charge in [-0.3, -0.25) is 0 Å². The zero-order valence-corrected chi connectivity index (χ0v) is 15.6. The van der Waals surface area contributed by atoms with Crippen molar-refractivity contribution in [2.45, 2.75) is 0 Å². The van der Waals surface area contributed by atoms with Crippen LogP contribution >= 0.6 is 0 Å². The van der Waals surface area contributed by atoms with Crippen molar-refractivity contribution in [1.29, 1.82) is 5.26 Å². The van der Waals surface area contributed by atoms with Gasteiger partial charge in [0.05, 0.1) is 11.6 Å². The minimum atomic E-state index is 0.691. The molecule has 1 aromatic heterocycles. The number of benzene rings is 4. The SMILES string of the molecule is Cn1c2ccc(C#N)cc2c2cc(-c3cccc(-c4ccccc4)c3)ccc21. The molecular weight excluding hydrogens is 340 g/mol. The van der Waals surface area contributed by atoms with Crippen molar-refractivity contribution in [2.24, 2.45) is 7.05 Å². The molecule has 1 heterocycles. The van der Waals surface area contributed by atoms with Gasteiger partial charge >= 0.3 is 0 Å². The maximum Gasteiger partial charge on any atom is 0.0991 e. The summed E-state index contributed by atoms with van der Waals surface area (Å²) in [5, 5.41) is 11.6. The van der Waals surface area contributed by atoms with Gasteiger partial charge in [-0.25, -0.2) is 0 Å². The highest BCUT2D eigenvalue weighted by atomic mass is 14.9. The summed E-state index contributed by atoms with van der Waals surface area (Å²) in [7, 11) is 2.08. The Morgan fingerprint density at radius 2 is 1.21 bits per heavy atom. The minimum absolute atomic E-state index is 0.691. The van der Waals surface area contributed by atoms with E-state index < -0.39 is 0 Å². The molecule has 28 heavy (non-hydrogen) atoms. The van der Waals surface area contributed by atoms with Crippen LogP contribution in [0.15, 0.2) is 91.0 Å². The van der Waals surface area contributed by atoms with Crippen molar-refractivity contribution >= 4 is 21.8 Å². The third kappa shape index (κ3) is 2.57. The first-order valence-electron chi connectivity index (χ1n) is 9.33. The molecule has 0 N–H and O–H groups in total. The first-order chi connectivity index (χ1) is 13.7. The van der Waals surface area contributed by atoms with Gasteiger partial charge in [-0.15, -0.1) is 0 Å². The van der Waals surface area contributed by atoms with Crippen LogP contribution in [0, 0.1) is 11.3 Å². The number of nitrogens with zero attached hydrogens (tertiary/aromatic N) is 2. The lowest BCUT2D eigenvalue weighted by Crippen LogP contribution is -1.86. The summed E-state index contributed by atoms with van der Waals surface area (Å²) < 4.78 is 2.19. The zero-order valence-electron chi connectivity index (χ0n) is 15.6. The summed E-state index contributed by atoms with van der Waals surface area (Å²) in [6.45, 7) is 0. The molecule has 0 aliphatic heterocycles. The van der Waals surface area contributed by atoms with Crippen LogP contribution in [0.2, 0.25) is 0 Å². The van der Waals surface area contributed by atoms with Crippen molar-refractivity contribution in [1.82, 2.24) is 4.57 Å². The Morgan fingerprint density at radius 1 is 0.607 bits per heavy atom. The number of nitriles is 1. The van der Waals surface area contributed by atoms with E-state index in [4.69, 9.17) is 0 Å². The van der Waals surface area contributed by atoms with E-state index in [0.29, 0.717) is 5.56 Å². The Kier molecular flexibility index (Phi) is 3.74. The van der Waals surface area contributed by atoms with Gasteiger partial charge < -0.3 is 4.57 Å². The quantitative estimate of drug-likeness (QED) is 0.352. The summed E-state index contributed by atoms with van der Waals surface area (Å²) in [6, 6.07) is 33.8. The molecule has 5 aromatic rings. The third-order valence-electron chi connectivity index (χ3n) is 5.44. The van der Waals surface area contributed by atoms with Crippen LogP contribution in [-0.2, 0) is 7.05 Å². The molecule has 0 atom stereocenters. The Hall–Kier alpha value is -3.83. The standard InChI is InChI=1S/C26H18N2/c1-28-25-12-10-18(17-27)14-23(25)24-16-22(11-13-26(24)28)21-9-5-8-20(15-21)19-6-3-2-4-7-19/h2-16H,1H3. The van der Waals surface area contributed by atoms with Crippen LogP contribution < -0.4 is 0 Å². The molecular formula is C26H18N2. The summed E-state index contributed by atoms with van der Waals surface area (Å²) in [5.74, 6) is 0. The molecule has 0 saturated heterocycles. The van der Waals surface area contributed by atoms with Crippen molar-refractivity contribution in [3.8, 4) is 28.3 Å². The predicted octanol–water partition coefficient (Wildman–Crippen LogP) is 6.54. The first-order valence-corrected chi connectivity index (χ1v) is 9.33. The average molecular weight is 358 g/mol. The second-order valence-electron chi connectivity index (χ2n) is 7.08. The van der Waals surface area contributed by atoms with Crippen molar-refractivity contribution in [2.75, 3.05) is 0 Å². The fourth-order valence-corrected chi connectivity index (χ4v) is 3.98. The van der Waals surface area contributed by atoms with E-state index in [9.17, 15) is 5.26 Å². The van der Waals surface area contributed by atoms with Gasteiger partial charge in [-0.2, -0.15) is 5.26 Å². The number of aromatic nitrogens is 1.